The number of hydrogen-bond donors (Lipinski definition) is 1. The van der Waals surface area contributed by atoms with Gasteiger partial charge in [-0.15, -0.1) is 0 Å². The number of carbonyl (C=O) groups excluding carboxylic acids is 1. The summed E-state index contributed by atoms with van der Waals surface area (Å²) in [5.74, 6) is 0.803. The first kappa shape index (κ1) is 14.8. The van der Waals surface area contributed by atoms with E-state index in [1.54, 1.807) is 13.3 Å². The monoisotopic (exact) mass is 277 g/mol. The molecule has 2 rings (SSSR count). The van der Waals surface area contributed by atoms with Crippen LogP contribution in [0.25, 0.3) is 0 Å². The van der Waals surface area contributed by atoms with Gasteiger partial charge >= 0.3 is 0 Å². The molecule has 20 heavy (non-hydrogen) atoms. The fourth-order valence-electron chi connectivity index (χ4n) is 2.38. The molecule has 110 valence electrons. The zero-order valence-electron chi connectivity index (χ0n) is 12.3. The maximum absolute atomic E-state index is 12.2. The van der Waals surface area contributed by atoms with Crippen molar-refractivity contribution in [1.29, 1.82) is 0 Å². The SMILES string of the molecule is COc1ccc(CNC(C)C(=O)N2CCCCC2)cn1. The summed E-state index contributed by atoms with van der Waals surface area (Å²) in [6.45, 7) is 4.36. The first-order valence-electron chi connectivity index (χ1n) is 7.22. The van der Waals surface area contributed by atoms with E-state index in [1.165, 1.54) is 6.42 Å². The Morgan fingerprint density at radius 2 is 2.15 bits per heavy atom. The van der Waals surface area contributed by atoms with Crippen LogP contribution >= 0.6 is 0 Å². The van der Waals surface area contributed by atoms with Crippen LogP contribution in [0.2, 0.25) is 0 Å². The van der Waals surface area contributed by atoms with Crippen molar-refractivity contribution in [1.82, 2.24) is 15.2 Å². The van der Waals surface area contributed by atoms with Crippen LogP contribution in [0.3, 0.4) is 0 Å². The fraction of sp³-hybridized carbons (Fsp3) is 0.600. The minimum absolute atomic E-state index is 0.157. The van der Waals surface area contributed by atoms with Crippen molar-refractivity contribution in [2.75, 3.05) is 20.2 Å². The Morgan fingerprint density at radius 3 is 2.75 bits per heavy atom. The van der Waals surface area contributed by atoms with Gasteiger partial charge in [-0.25, -0.2) is 4.98 Å². The van der Waals surface area contributed by atoms with Gasteiger partial charge in [0.2, 0.25) is 11.8 Å². The van der Waals surface area contributed by atoms with Crippen molar-refractivity contribution < 1.29 is 9.53 Å². The van der Waals surface area contributed by atoms with Crippen molar-refractivity contribution >= 4 is 5.91 Å². The Hall–Kier alpha value is -1.62. The van der Waals surface area contributed by atoms with Gasteiger partial charge in [-0.05, 0) is 31.7 Å². The minimum Gasteiger partial charge on any atom is -0.481 e. The van der Waals surface area contributed by atoms with Crippen molar-refractivity contribution in [3.05, 3.63) is 23.9 Å². The van der Waals surface area contributed by atoms with Crippen LogP contribution in [0.4, 0.5) is 0 Å². The lowest BCUT2D eigenvalue weighted by Gasteiger charge is -2.29. The molecule has 1 aromatic rings. The van der Waals surface area contributed by atoms with E-state index in [1.807, 2.05) is 24.0 Å². The summed E-state index contributed by atoms with van der Waals surface area (Å²) in [6, 6.07) is 3.63. The molecule has 1 saturated heterocycles. The minimum atomic E-state index is -0.157. The van der Waals surface area contributed by atoms with Crippen LogP contribution < -0.4 is 10.1 Å². The molecule has 0 radical (unpaired) electrons. The Kier molecular flexibility index (Phi) is 5.35. The number of nitrogens with one attached hydrogen (secondary N) is 1. The van der Waals surface area contributed by atoms with Crippen LogP contribution in [-0.2, 0) is 11.3 Å². The topological polar surface area (TPSA) is 54.5 Å². The summed E-state index contributed by atoms with van der Waals surface area (Å²) in [5.41, 5.74) is 1.05. The molecule has 1 N–H and O–H groups in total. The second-order valence-corrected chi connectivity index (χ2v) is 5.20. The molecule has 0 bridgehead atoms. The number of aromatic nitrogens is 1. The quantitative estimate of drug-likeness (QED) is 0.888. The van der Waals surface area contributed by atoms with Crippen molar-refractivity contribution in [2.24, 2.45) is 0 Å². The molecular formula is C15H23N3O2. The number of carbonyl (C=O) groups is 1. The highest BCUT2D eigenvalue weighted by atomic mass is 16.5. The molecule has 0 aliphatic carbocycles. The second kappa shape index (κ2) is 7.24. The molecule has 1 aromatic heterocycles. The summed E-state index contributed by atoms with van der Waals surface area (Å²) in [4.78, 5) is 18.4. The van der Waals surface area contributed by atoms with Gasteiger partial charge < -0.3 is 15.0 Å². The lowest BCUT2D eigenvalue weighted by atomic mass is 10.1. The van der Waals surface area contributed by atoms with Gasteiger partial charge in [0, 0.05) is 31.9 Å². The largest absolute Gasteiger partial charge is 0.481 e. The molecule has 1 unspecified atom stereocenters. The van der Waals surface area contributed by atoms with E-state index in [0.717, 1.165) is 31.5 Å². The molecule has 0 aromatic carbocycles. The molecule has 2 heterocycles. The smallest absolute Gasteiger partial charge is 0.239 e. The van der Waals surface area contributed by atoms with Crippen molar-refractivity contribution in [3.8, 4) is 5.88 Å². The van der Waals surface area contributed by atoms with E-state index in [0.29, 0.717) is 12.4 Å². The number of methoxy groups -OCH3 is 1. The summed E-state index contributed by atoms with van der Waals surface area (Å²) >= 11 is 0. The standard InChI is InChI=1S/C15H23N3O2/c1-12(15(19)18-8-4-3-5-9-18)16-10-13-6-7-14(20-2)17-11-13/h6-7,11-12,16H,3-5,8-10H2,1-2H3. The Morgan fingerprint density at radius 1 is 1.40 bits per heavy atom. The third-order valence-corrected chi connectivity index (χ3v) is 3.66. The van der Waals surface area contributed by atoms with Gasteiger partial charge in [-0.1, -0.05) is 6.07 Å². The van der Waals surface area contributed by atoms with E-state index in [9.17, 15) is 4.79 Å². The van der Waals surface area contributed by atoms with Gasteiger partial charge in [0.1, 0.15) is 0 Å². The summed E-state index contributed by atoms with van der Waals surface area (Å²) < 4.78 is 5.02. The highest BCUT2D eigenvalue weighted by molar-refractivity contribution is 5.81. The maximum Gasteiger partial charge on any atom is 0.239 e. The summed E-state index contributed by atoms with van der Waals surface area (Å²) in [6.07, 6.45) is 5.26. The van der Waals surface area contributed by atoms with E-state index in [-0.39, 0.29) is 11.9 Å². The van der Waals surface area contributed by atoms with E-state index < -0.39 is 0 Å². The highest BCUT2D eigenvalue weighted by Crippen LogP contribution is 2.10. The van der Waals surface area contributed by atoms with Crippen molar-refractivity contribution in [3.63, 3.8) is 0 Å². The van der Waals surface area contributed by atoms with E-state index >= 15 is 0 Å². The first-order valence-corrected chi connectivity index (χ1v) is 7.22. The normalized spacial score (nSPS) is 16.8. The molecule has 1 fully saturated rings. The van der Waals surface area contributed by atoms with Crippen molar-refractivity contribution in [2.45, 2.75) is 38.8 Å². The Balaban J connectivity index is 1.81. The average Bonchev–Trinajstić information content (AvgIpc) is 2.53. The molecule has 0 saturated carbocycles. The molecule has 1 aliphatic heterocycles. The number of amides is 1. The highest BCUT2D eigenvalue weighted by Gasteiger charge is 2.21. The van der Waals surface area contributed by atoms with Gasteiger partial charge in [-0.3, -0.25) is 4.79 Å². The number of rotatable bonds is 5. The van der Waals surface area contributed by atoms with Gasteiger partial charge in [-0.2, -0.15) is 0 Å². The lowest BCUT2D eigenvalue weighted by molar-refractivity contribution is -0.133. The molecule has 1 atom stereocenters. The number of likely N-dealkylation sites (tertiary alicyclic amines) is 1. The van der Waals surface area contributed by atoms with Crippen LogP contribution in [0.5, 0.6) is 5.88 Å². The predicted octanol–water partition coefficient (Wildman–Crippen LogP) is 1.58. The van der Waals surface area contributed by atoms with Gasteiger partial charge in [0.25, 0.3) is 0 Å². The third-order valence-electron chi connectivity index (χ3n) is 3.66. The third kappa shape index (κ3) is 3.93. The average molecular weight is 277 g/mol. The summed E-state index contributed by atoms with van der Waals surface area (Å²) in [7, 11) is 1.60. The van der Waals surface area contributed by atoms with Crippen LogP contribution in [0, 0.1) is 0 Å². The fourth-order valence-corrected chi connectivity index (χ4v) is 2.38. The number of nitrogens with zero attached hydrogens (tertiary/aromatic N) is 2. The zero-order chi connectivity index (χ0) is 14.4. The summed E-state index contributed by atoms with van der Waals surface area (Å²) in [5, 5.41) is 3.26. The van der Waals surface area contributed by atoms with Gasteiger partial charge in [0.15, 0.2) is 0 Å². The maximum atomic E-state index is 12.2. The molecule has 5 nitrogen and oxygen atoms in total. The van der Waals surface area contributed by atoms with Crippen LogP contribution in [0.1, 0.15) is 31.7 Å². The molecule has 1 aliphatic rings. The number of pyridine rings is 1. The Bertz CT molecular complexity index is 427. The molecular weight excluding hydrogens is 254 g/mol. The lowest BCUT2D eigenvalue weighted by Crippen LogP contribution is -2.46. The number of ether oxygens (including phenoxy) is 1. The predicted molar refractivity (Wildman–Crippen MR) is 77.5 cm³/mol. The Labute approximate surface area is 120 Å². The number of hydrogen-bond acceptors (Lipinski definition) is 4. The van der Waals surface area contributed by atoms with E-state index in [2.05, 4.69) is 10.3 Å². The first-order chi connectivity index (χ1) is 9.70. The number of piperidine rings is 1. The molecule has 5 heteroatoms. The second-order valence-electron chi connectivity index (χ2n) is 5.20. The van der Waals surface area contributed by atoms with Crippen LogP contribution in [0.15, 0.2) is 18.3 Å². The zero-order valence-corrected chi connectivity index (χ0v) is 12.3. The van der Waals surface area contributed by atoms with Gasteiger partial charge in [0.05, 0.1) is 13.2 Å². The van der Waals surface area contributed by atoms with E-state index in [4.69, 9.17) is 4.74 Å². The van der Waals surface area contributed by atoms with Crippen LogP contribution in [-0.4, -0.2) is 42.0 Å². The molecule has 0 spiro atoms. The molecule has 1 amide bonds.